The van der Waals surface area contributed by atoms with Crippen LogP contribution in [0.25, 0.3) is 38.1 Å². The summed E-state index contributed by atoms with van der Waals surface area (Å²) in [5.74, 6) is 0. The molecule has 1 aliphatic rings. The molecule has 0 fully saturated rings. The van der Waals surface area contributed by atoms with Gasteiger partial charge in [0.15, 0.2) is 0 Å². The molecule has 1 aliphatic heterocycles. The van der Waals surface area contributed by atoms with Crippen molar-refractivity contribution >= 4 is 55.2 Å². The summed E-state index contributed by atoms with van der Waals surface area (Å²) in [5.41, 5.74) is 7.68. The van der Waals surface area contributed by atoms with Crippen LogP contribution < -0.4 is 9.80 Å². The second-order valence-electron chi connectivity index (χ2n) is 8.01. The van der Waals surface area contributed by atoms with Gasteiger partial charge in [0.2, 0.25) is 0 Å². The van der Waals surface area contributed by atoms with E-state index in [1.54, 1.807) is 0 Å². The third-order valence-electron chi connectivity index (χ3n) is 6.46. The molecule has 29 heavy (non-hydrogen) atoms. The third-order valence-corrected chi connectivity index (χ3v) is 6.46. The number of para-hydroxylation sites is 4. The molecule has 3 heteroatoms. The van der Waals surface area contributed by atoms with Crippen LogP contribution in [0, 0.1) is 0 Å². The number of anilines is 3. The highest BCUT2D eigenvalue weighted by Crippen LogP contribution is 2.43. The van der Waals surface area contributed by atoms with Gasteiger partial charge < -0.3 is 14.2 Å². The number of aromatic nitrogens is 1. The van der Waals surface area contributed by atoms with Gasteiger partial charge in [-0.05, 0) is 30.3 Å². The fourth-order valence-corrected chi connectivity index (χ4v) is 5.19. The fourth-order valence-electron chi connectivity index (χ4n) is 5.19. The van der Waals surface area contributed by atoms with Gasteiger partial charge in [0.25, 0.3) is 0 Å². The molecule has 6 aromatic rings. The predicted octanol–water partition coefficient (Wildman–Crippen LogP) is 6.38. The lowest BCUT2D eigenvalue weighted by Gasteiger charge is -2.19. The lowest BCUT2D eigenvalue weighted by atomic mass is 10.1. The Morgan fingerprint density at radius 3 is 2.17 bits per heavy atom. The maximum atomic E-state index is 2.45. The van der Waals surface area contributed by atoms with Gasteiger partial charge in [0.1, 0.15) is 0 Å². The smallest absolute Gasteiger partial charge is 0.0950 e. The van der Waals surface area contributed by atoms with E-state index in [4.69, 9.17) is 0 Å². The minimum absolute atomic E-state index is 0.868. The molecule has 2 aromatic heterocycles. The fraction of sp³-hybridized carbons (Fsp3) is 0.0769. The van der Waals surface area contributed by atoms with E-state index in [0.717, 1.165) is 6.67 Å². The average Bonchev–Trinajstić information content (AvgIpc) is 3.40. The van der Waals surface area contributed by atoms with Gasteiger partial charge in [-0.1, -0.05) is 54.6 Å². The normalized spacial score (nSPS) is 14.1. The highest BCUT2D eigenvalue weighted by atomic mass is 15.4. The highest BCUT2D eigenvalue weighted by Gasteiger charge is 2.25. The van der Waals surface area contributed by atoms with E-state index in [-0.39, 0.29) is 0 Å². The first kappa shape index (κ1) is 15.2. The molecule has 0 unspecified atom stereocenters. The van der Waals surface area contributed by atoms with E-state index in [0.29, 0.717) is 0 Å². The summed E-state index contributed by atoms with van der Waals surface area (Å²) in [7, 11) is 2.16. The molecule has 0 saturated carbocycles. The summed E-state index contributed by atoms with van der Waals surface area (Å²) in [4.78, 5) is 4.71. The Morgan fingerprint density at radius 2 is 1.31 bits per heavy atom. The molecule has 0 atom stereocenters. The lowest BCUT2D eigenvalue weighted by Crippen LogP contribution is -2.23. The SMILES string of the molecule is CN1CN(c2ccc3c4cccc5c6ccccc6n(c3c2)c54)c2ccccc21. The van der Waals surface area contributed by atoms with Gasteiger partial charge in [0.05, 0.1) is 34.6 Å². The second-order valence-corrected chi connectivity index (χ2v) is 8.01. The Balaban J connectivity index is 1.57. The zero-order valence-corrected chi connectivity index (χ0v) is 16.1. The van der Waals surface area contributed by atoms with Crippen LogP contribution in [0.1, 0.15) is 0 Å². The van der Waals surface area contributed by atoms with Crippen LogP contribution in [0.5, 0.6) is 0 Å². The maximum Gasteiger partial charge on any atom is 0.0950 e. The zero-order valence-electron chi connectivity index (χ0n) is 16.1. The van der Waals surface area contributed by atoms with E-state index in [2.05, 4.69) is 106 Å². The van der Waals surface area contributed by atoms with Crippen molar-refractivity contribution in [1.29, 1.82) is 0 Å². The van der Waals surface area contributed by atoms with E-state index < -0.39 is 0 Å². The largest absolute Gasteiger partial charge is 0.355 e. The van der Waals surface area contributed by atoms with Crippen LogP contribution in [-0.2, 0) is 0 Å². The number of hydrogen-bond acceptors (Lipinski definition) is 2. The molecule has 138 valence electrons. The van der Waals surface area contributed by atoms with Crippen LogP contribution in [0.2, 0.25) is 0 Å². The lowest BCUT2D eigenvalue weighted by molar-refractivity contribution is 0.950. The second kappa shape index (κ2) is 5.21. The van der Waals surface area contributed by atoms with Gasteiger partial charge >= 0.3 is 0 Å². The van der Waals surface area contributed by atoms with Crippen molar-refractivity contribution in [1.82, 2.24) is 4.40 Å². The van der Waals surface area contributed by atoms with Gasteiger partial charge in [-0.25, -0.2) is 0 Å². The molecule has 3 heterocycles. The van der Waals surface area contributed by atoms with Crippen LogP contribution in [-0.4, -0.2) is 18.1 Å². The summed E-state index contributed by atoms with van der Waals surface area (Å²) in [5, 5.41) is 5.31. The van der Waals surface area contributed by atoms with Crippen LogP contribution in [0.3, 0.4) is 0 Å². The summed E-state index contributed by atoms with van der Waals surface area (Å²) >= 11 is 0. The molecule has 0 N–H and O–H groups in total. The van der Waals surface area contributed by atoms with Gasteiger partial charge in [-0.2, -0.15) is 0 Å². The Morgan fingerprint density at radius 1 is 0.621 bits per heavy atom. The number of rotatable bonds is 1. The van der Waals surface area contributed by atoms with Crippen molar-refractivity contribution in [2.24, 2.45) is 0 Å². The minimum Gasteiger partial charge on any atom is -0.355 e. The molecular formula is C26H19N3. The van der Waals surface area contributed by atoms with Gasteiger partial charge in [-0.3, -0.25) is 0 Å². The van der Waals surface area contributed by atoms with E-state index in [9.17, 15) is 0 Å². The first-order valence-corrected chi connectivity index (χ1v) is 10.1. The molecule has 0 spiro atoms. The molecule has 0 radical (unpaired) electrons. The predicted molar refractivity (Wildman–Crippen MR) is 123 cm³/mol. The molecule has 4 aromatic carbocycles. The number of nitrogens with zero attached hydrogens (tertiary/aromatic N) is 3. The zero-order chi connectivity index (χ0) is 19.1. The third kappa shape index (κ3) is 1.82. The minimum atomic E-state index is 0.868. The number of fused-ring (bicyclic) bond motifs is 7. The maximum absolute atomic E-state index is 2.45. The molecule has 0 saturated heterocycles. The summed E-state index contributed by atoms with van der Waals surface area (Å²) < 4.78 is 2.45. The van der Waals surface area contributed by atoms with Gasteiger partial charge in [-0.15, -0.1) is 0 Å². The Bertz CT molecular complexity index is 1560. The Kier molecular flexibility index (Phi) is 2.73. The summed E-state index contributed by atoms with van der Waals surface area (Å²) in [6.07, 6.45) is 0. The topological polar surface area (TPSA) is 10.9 Å². The van der Waals surface area contributed by atoms with E-state index in [1.165, 1.54) is 55.2 Å². The number of hydrogen-bond donors (Lipinski definition) is 0. The molecule has 0 bridgehead atoms. The molecule has 0 aliphatic carbocycles. The van der Waals surface area contributed by atoms with Crippen LogP contribution >= 0.6 is 0 Å². The van der Waals surface area contributed by atoms with Gasteiger partial charge in [0, 0.05) is 34.3 Å². The Hall–Kier alpha value is -3.72. The molecular weight excluding hydrogens is 354 g/mol. The van der Waals surface area contributed by atoms with Crippen LogP contribution in [0.15, 0.2) is 84.9 Å². The van der Waals surface area contributed by atoms with Crippen LogP contribution in [0.4, 0.5) is 17.1 Å². The standard InChI is InChI=1S/C26H19N3/c1-27-16-28(24-12-5-4-11-23(24)27)17-13-14-19-21-9-6-8-20-18-7-2-3-10-22(18)29(26(20)21)25(19)15-17/h2-15H,16H2,1H3. The highest BCUT2D eigenvalue weighted by molar-refractivity contribution is 6.23. The molecule has 3 nitrogen and oxygen atoms in total. The molecule has 7 rings (SSSR count). The average molecular weight is 373 g/mol. The van der Waals surface area contributed by atoms with Crippen molar-refractivity contribution in [3.63, 3.8) is 0 Å². The number of benzene rings is 4. The quantitative estimate of drug-likeness (QED) is 0.331. The first-order chi connectivity index (χ1) is 14.3. The summed E-state index contributed by atoms with van der Waals surface area (Å²) in [6.45, 7) is 0.868. The monoisotopic (exact) mass is 373 g/mol. The van der Waals surface area contributed by atoms with E-state index >= 15 is 0 Å². The van der Waals surface area contributed by atoms with Crippen molar-refractivity contribution in [2.45, 2.75) is 0 Å². The van der Waals surface area contributed by atoms with Crippen molar-refractivity contribution in [3.8, 4) is 0 Å². The first-order valence-electron chi connectivity index (χ1n) is 10.1. The summed E-state index contributed by atoms with van der Waals surface area (Å²) in [6, 6.07) is 31.0. The van der Waals surface area contributed by atoms with Crippen molar-refractivity contribution in [2.75, 3.05) is 23.5 Å². The van der Waals surface area contributed by atoms with E-state index in [1.807, 2.05) is 0 Å². The van der Waals surface area contributed by atoms with Crippen molar-refractivity contribution in [3.05, 3.63) is 84.9 Å². The Labute approximate surface area is 168 Å². The molecule has 0 amide bonds. The van der Waals surface area contributed by atoms with Crippen molar-refractivity contribution < 1.29 is 0 Å².